The zero-order valence-electron chi connectivity index (χ0n) is 32.8. The Morgan fingerprint density at radius 2 is 1.62 bits per heavy atom. The minimum absolute atomic E-state index is 0.00530. The van der Waals surface area contributed by atoms with E-state index in [4.69, 9.17) is 25.8 Å². The van der Waals surface area contributed by atoms with Gasteiger partial charge < -0.3 is 24.8 Å². The highest BCUT2D eigenvalue weighted by Gasteiger charge is 2.67. The normalized spacial score (nSPS) is 33.9. The van der Waals surface area contributed by atoms with Crippen LogP contribution < -0.4 is 10.6 Å². The monoisotopic (exact) mass is 751 g/mol. The van der Waals surface area contributed by atoms with Crippen LogP contribution in [0.3, 0.4) is 0 Å². The number of carbonyl (C=O) groups is 3. The molecule has 6 rings (SSSR count). The van der Waals surface area contributed by atoms with E-state index in [1.165, 1.54) is 13.8 Å². The Bertz CT molecular complexity index is 1620. The number of esters is 3. The van der Waals surface area contributed by atoms with E-state index < -0.39 is 0 Å². The molecule has 0 bridgehead atoms. The number of hydrogen-bond donors (Lipinski definition) is 2. The van der Waals surface area contributed by atoms with Crippen molar-refractivity contribution < 1.29 is 28.6 Å². The molecule has 0 saturated heterocycles. The third kappa shape index (κ3) is 8.51. The van der Waals surface area contributed by atoms with Gasteiger partial charge in [0.1, 0.15) is 18.3 Å². The molecule has 2 aromatic rings. The lowest BCUT2D eigenvalue weighted by Gasteiger charge is -2.64. The Hall–Kier alpha value is -2.91. The fraction of sp³-hybridized carbons (Fsp3) is 0.721. The summed E-state index contributed by atoms with van der Waals surface area (Å²) in [6, 6.07) is 7.85. The molecule has 4 aliphatic carbocycles. The summed E-state index contributed by atoms with van der Waals surface area (Å²) in [6.45, 7) is 14.6. The maximum atomic E-state index is 12.7. The molecular weight excluding hydrogens is 690 g/mol. The summed E-state index contributed by atoms with van der Waals surface area (Å²) in [5.74, 6) is 1.30. The van der Waals surface area contributed by atoms with Crippen molar-refractivity contribution in [3.05, 3.63) is 35.5 Å². The van der Waals surface area contributed by atoms with E-state index in [-0.39, 0.29) is 64.8 Å². The van der Waals surface area contributed by atoms with E-state index in [9.17, 15) is 14.4 Å². The van der Waals surface area contributed by atoms with Gasteiger partial charge in [0.25, 0.3) is 0 Å². The average Bonchev–Trinajstić information content (AvgIpc) is 3.45. The summed E-state index contributed by atoms with van der Waals surface area (Å²) in [4.78, 5) is 41.6. The first-order valence-corrected chi connectivity index (χ1v) is 20.7. The van der Waals surface area contributed by atoms with Crippen LogP contribution in [0.5, 0.6) is 0 Å². The second-order valence-electron chi connectivity index (χ2n) is 17.3. The van der Waals surface area contributed by atoms with Crippen molar-refractivity contribution in [2.75, 3.05) is 25.0 Å². The predicted octanol–water partition coefficient (Wildman–Crippen LogP) is 8.76. The van der Waals surface area contributed by atoms with Gasteiger partial charge >= 0.3 is 17.9 Å². The Morgan fingerprint density at radius 3 is 2.38 bits per heavy atom. The van der Waals surface area contributed by atoms with E-state index in [0.717, 1.165) is 107 Å². The number of rotatable bonds is 14. The van der Waals surface area contributed by atoms with Crippen molar-refractivity contribution in [2.45, 2.75) is 130 Å². The molecule has 0 spiro atoms. The number of fused-ring (bicyclic) bond motifs is 6. The summed E-state index contributed by atoms with van der Waals surface area (Å²) in [5, 5.41) is 9.02. The maximum absolute atomic E-state index is 12.7. The van der Waals surface area contributed by atoms with Gasteiger partial charge in [-0.3, -0.25) is 19.4 Å². The van der Waals surface area contributed by atoms with E-state index in [1.54, 1.807) is 6.92 Å². The molecule has 4 saturated carbocycles. The van der Waals surface area contributed by atoms with E-state index >= 15 is 0 Å². The van der Waals surface area contributed by atoms with Crippen LogP contribution in [0.15, 0.2) is 30.5 Å². The van der Waals surface area contributed by atoms with Gasteiger partial charge in [-0.1, -0.05) is 32.4 Å². The predicted molar refractivity (Wildman–Crippen MR) is 208 cm³/mol. The first-order chi connectivity index (χ1) is 25.3. The van der Waals surface area contributed by atoms with Gasteiger partial charge in [0.2, 0.25) is 0 Å². The van der Waals surface area contributed by atoms with Crippen LogP contribution in [0, 0.1) is 46.3 Å². The second-order valence-corrected chi connectivity index (χ2v) is 17.7. The maximum Gasteiger partial charge on any atom is 0.302 e. The number of nitrogens with zero attached hydrogens (tertiary/aromatic N) is 1. The van der Waals surface area contributed by atoms with Gasteiger partial charge in [0.15, 0.2) is 0 Å². The fourth-order valence-corrected chi connectivity index (χ4v) is 12.0. The third-order valence-electron chi connectivity index (χ3n) is 14.2. The summed E-state index contributed by atoms with van der Waals surface area (Å²) in [7, 11) is 0. The van der Waals surface area contributed by atoms with E-state index in [1.807, 2.05) is 30.5 Å². The zero-order valence-corrected chi connectivity index (χ0v) is 33.5. The molecule has 10 heteroatoms. The quantitative estimate of drug-likeness (QED) is 0.111. The summed E-state index contributed by atoms with van der Waals surface area (Å²) in [6.07, 6.45) is 12.1. The lowest BCUT2D eigenvalue weighted by Crippen LogP contribution is -2.63. The van der Waals surface area contributed by atoms with E-state index in [0.29, 0.717) is 22.8 Å². The number of pyridine rings is 1. The largest absolute Gasteiger partial charge is 0.463 e. The molecule has 1 heterocycles. The highest BCUT2D eigenvalue weighted by atomic mass is 35.5. The molecule has 4 fully saturated rings. The van der Waals surface area contributed by atoms with Gasteiger partial charge in [0, 0.05) is 60.9 Å². The molecule has 11 atom stereocenters. The van der Waals surface area contributed by atoms with Gasteiger partial charge in [-0.25, -0.2) is 0 Å². The standard InChI is InChI=1S/C43H62ClN3O6/c1-26(10-9-19-45-18-7-8-20-46-37-16-21-47-38-24-31(44)11-12-33(37)38)34-13-14-35-41-36(25-40(43(34,35)6)53-29(4)50)42(5)17-15-32(51-27(2)48)22-30(42)23-39(41)52-28(3)49/h11-12,16,21,24,26,30,32,34-36,39-41,45H,7-10,13-15,17-20,22-23,25H2,1-6H3,(H,46,47)/t26?,30-,32+,34+,35?,36?,39+,40-,41?,42-,43+/m0/s1. The van der Waals surface area contributed by atoms with Crippen LogP contribution >= 0.6 is 11.6 Å². The topological polar surface area (TPSA) is 116 Å². The number of ether oxygens (including phenoxy) is 3. The van der Waals surface area contributed by atoms with Gasteiger partial charge in [-0.15, -0.1) is 0 Å². The molecule has 9 nitrogen and oxygen atoms in total. The number of hydrogen-bond acceptors (Lipinski definition) is 9. The average molecular weight is 752 g/mol. The van der Waals surface area contributed by atoms with Gasteiger partial charge in [0.05, 0.1) is 5.52 Å². The number of anilines is 1. The number of benzene rings is 1. The minimum Gasteiger partial charge on any atom is -0.463 e. The van der Waals surface area contributed by atoms with Crippen LogP contribution in [0.4, 0.5) is 5.69 Å². The van der Waals surface area contributed by atoms with Crippen LogP contribution in [0.25, 0.3) is 10.9 Å². The smallest absolute Gasteiger partial charge is 0.302 e. The number of aromatic nitrogens is 1. The fourth-order valence-electron chi connectivity index (χ4n) is 11.9. The lowest BCUT2D eigenvalue weighted by molar-refractivity contribution is -0.224. The van der Waals surface area contributed by atoms with Crippen molar-refractivity contribution in [1.82, 2.24) is 10.3 Å². The van der Waals surface area contributed by atoms with Crippen molar-refractivity contribution in [1.29, 1.82) is 0 Å². The van der Waals surface area contributed by atoms with Gasteiger partial charge in [-0.05, 0) is 143 Å². The number of carbonyl (C=O) groups excluding carboxylic acids is 3. The van der Waals surface area contributed by atoms with Gasteiger partial charge in [-0.2, -0.15) is 0 Å². The molecular formula is C43H62ClN3O6. The SMILES string of the molecule is CC(=O)O[C@@H]1CC[C@]2(C)C3C[C@H](OC(C)=O)[C@@]4(C)C(CC[C@@H]4C(C)CCCNCCCCNc4ccnc5cc(Cl)ccc45)C3[C@H](OC(C)=O)C[C@@H]2C1. The molecule has 1 aromatic heterocycles. The highest BCUT2D eigenvalue weighted by molar-refractivity contribution is 6.31. The second kappa shape index (κ2) is 16.8. The summed E-state index contributed by atoms with van der Waals surface area (Å²) >= 11 is 6.14. The van der Waals surface area contributed by atoms with Crippen molar-refractivity contribution in [3.8, 4) is 0 Å². The molecule has 4 unspecified atom stereocenters. The lowest BCUT2D eigenvalue weighted by atomic mass is 9.43. The summed E-state index contributed by atoms with van der Waals surface area (Å²) in [5.41, 5.74) is 1.81. The van der Waals surface area contributed by atoms with E-state index in [2.05, 4.69) is 36.4 Å². The van der Waals surface area contributed by atoms with Crippen LogP contribution in [-0.4, -0.2) is 60.8 Å². The van der Waals surface area contributed by atoms with Crippen molar-refractivity contribution >= 4 is 46.1 Å². The first kappa shape index (κ1) is 39.8. The zero-order chi connectivity index (χ0) is 37.9. The Kier molecular flexibility index (Phi) is 12.6. The number of nitrogens with one attached hydrogen (secondary N) is 2. The Morgan fingerprint density at radius 1 is 0.887 bits per heavy atom. The van der Waals surface area contributed by atoms with Crippen LogP contribution in [0.2, 0.25) is 5.02 Å². The number of halogens is 1. The van der Waals surface area contributed by atoms with Crippen molar-refractivity contribution in [3.63, 3.8) is 0 Å². The minimum atomic E-state index is -0.236. The molecule has 0 radical (unpaired) electrons. The molecule has 2 N–H and O–H groups in total. The number of unbranched alkanes of at least 4 members (excludes halogenated alkanes) is 1. The molecule has 53 heavy (non-hydrogen) atoms. The Labute approximate surface area is 321 Å². The van der Waals surface area contributed by atoms with Crippen LogP contribution in [0.1, 0.15) is 112 Å². The first-order valence-electron chi connectivity index (χ1n) is 20.3. The molecule has 0 amide bonds. The molecule has 4 aliphatic rings. The summed E-state index contributed by atoms with van der Waals surface area (Å²) < 4.78 is 18.3. The van der Waals surface area contributed by atoms with Crippen LogP contribution in [-0.2, 0) is 28.6 Å². The molecule has 1 aromatic carbocycles. The highest BCUT2D eigenvalue weighted by Crippen LogP contribution is 2.69. The molecule has 292 valence electrons. The van der Waals surface area contributed by atoms with Crippen molar-refractivity contribution in [2.24, 2.45) is 46.3 Å². The third-order valence-corrected chi connectivity index (χ3v) is 14.4. The Balaban J connectivity index is 1.04. The molecule has 0 aliphatic heterocycles.